The van der Waals surface area contributed by atoms with Crippen molar-refractivity contribution < 1.29 is 22.3 Å². The largest absolute Gasteiger partial charge is 0.494 e. The number of carbonyl (C=O) groups is 1. The number of allylic oxidation sites excluding steroid dienone is 1. The number of carbonyl (C=O) groups excluding carboxylic acids is 1. The van der Waals surface area contributed by atoms with E-state index in [0.717, 1.165) is 27.2 Å². The maximum absolute atomic E-state index is 13.8. The molecule has 142 valence electrons. The topological polar surface area (TPSA) is 63.7 Å². The van der Waals surface area contributed by atoms with Crippen molar-refractivity contribution >= 4 is 32.3 Å². The van der Waals surface area contributed by atoms with Crippen LogP contribution in [0.4, 0.5) is 4.39 Å². The molecular formula is C21H16FNO4S. The number of methoxy groups -OCH3 is 1. The van der Waals surface area contributed by atoms with Crippen LogP contribution >= 0.6 is 0 Å². The van der Waals surface area contributed by atoms with Gasteiger partial charge < -0.3 is 4.74 Å². The fourth-order valence-electron chi connectivity index (χ4n) is 3.36. The van der Waals surface area contributed by atoms with Gasteiger partial charge in [-0.1, -0.05) is 36.4 Å². The maximum Gasteiger partial charge on any atom is 0.265 e. The van der Waals surface area contributed by atoms with Crippen LogP contribution in [-0.2, 0) is 14.8 Å². The van der Waals surface area contributed by atoms with Crippen LogP contribution < -0.4 is 0 Å². The first kappa shape index (κ1) is 18.2. The number of nitrogens with zero attached hydrogens (tertiary/aromatic N) is 1. The third-order valence-electron chi connectivity index (χ3n) is 4.79. The van der Waals surface area contributed by atoms with Crippen molar-refractivity contribution in [3.05, 3.63) is 83.3 Å². The number of fused-ring (bicyclic) bond motifs is 2. The minimum Gasteiger partial charge on any atom is -0.494 e. The van der Waals surface area contributed by atoms with Crippen LogP contribution in [-0.4, -0.2) is 32.7 Å². The summed E-state index contributed by atoms with van der Waals surface area (Å²) in [7, 11) is -1.41. The summed E-state index contributed by atoms with van der Waals surface area (Å²) >= 11 is 0. The van der Waals surface area contributed by atoms with Crippen LogP contribution in [0.5, 0.6) is 0 Å². The molecule has 28 heavy (non-hydrogen) atoms. The molecule has 0 saturated heterocycles. The highest BCUT2D eigenvalue weighted by molar-refractivity contribution is 7.89. The van der Waals surface area contributed by atoms with Crippen molar-refractivity contribution in [2.45, 2.75) is 4.90 Å². The van der Waals surface area contributed by atoms with Gasteiger partial charge in [0, 0.05) is 18.2 Å². The molecule has 0 aromatic heterocycles. The predicted octanol–water partition coefficient (Wildman–Crippen LogP) is 3.81. The SMILES string of the molecule is COC1=C(C(=O)c2ccc3ccccc3c2)N(C)S(=O)(=O)c2ccc(F)cc21. The lowest BCUT2D eigenvalue weighted by Gasteiger charge is -2.30. The Kier molecular flexibility index (Phi) is 4.19. The summed E-state index contributed by atoms with van der Waals surface area (Å²) in [6.45, 7) is 0. The first-order valence-electron chi connectivity index (χ1n) is 8.45. The normalized spacial score (nSPS) is 15.5. The number of Topliss-reactive ketones (excluding diaryl/α,β-unsaturated/α-hetero) is 1. The molecule has 1 aliphatic rings. The summed E-state index contributed by atoms with van der Waals surface area (Å²) in [5, 5.41) is 1.80. The highest BCUT2D eigenvalue weighted by Gasteiger charge is 2.39. The third-order valence-corrected chi connectivity index (χ3v) is 6.60. The summed E-state index contributed by atoms with van der Waals surface area (Å²) in [4.78, 5) is 13.2. The van der Waals surface area contributed by atoms with Crippen molar-refractivity contribution in [2.75, 3.05) is 14.2 Å². The van der Waals surface area contributed by atoms with Gasteiger partial charge in [-0.05, 0) is 35.0 Å². The Morgan fingerprint density at radius 3 is 2.43 bits per heavy atom. The second kappa shape index (κ2) is 6.45. The molecule has 0 spiro atoms. The van der Waals surface area contributed by atoms with E-state index in [-0.39, 0.29) is 21.9 Å². The van der Waals surface area contributed by atoms with E-state index in [0.29, 0.717) is 5.56 Å². The number of ether oxygens (including phenoxy) is 1. The summed E-state index contributed by atoms with van der Waals surface area (Å²) in [5.74, 6) is -1.13. The van der Waals surface area contributed by atoms with E-state index in [1.54, 1.807) is 18.2 Å². The van der Waals surface area contributed by atoms with Gasteiger partial charge >= 0.3 is 0 Å². The van der Waals surface area contributed by atoms with Crippen molar-refractivity contribution in [1.82, 2.24) is 4.31 Å². The standard InChI is InChI=1S/C21H16FNO4S/c1-23-19(20(24)15-8-7-13-5-3-4-6-14(13)11-15)21(27-2)17-12-16(22)9-10-18(17)28(23,25)26/h3-12H,1-2H3. The van der Waals surface area contributed by atoms with Gasteiger partial charge in [-0.3, -0.25) is 9.10 Å². The Labute approximate surface area is 161 Å². The summed E-state index contributed by atoms with van der Waals surface area (Å²) in [5.41, 5.74) is 0.186. The summed E-state index contributed by atoms with van der Waals surface area (Å²) in [6.07, 6.45) is 0. The summed E-state index contributed by atoms with van der Waals surface area (Å²) < 4.78 is 45.9. The van der Waals surface area contributed by atoms with Gasteiger partial charge in [0.1, 0.15) is 11.5 Å². The minimum atomic E-state index is -4.02. The molecule has 0 bridgehead atoms. The minimum absolute atomic E-state index is 0.0185. The highest BCUT2D eigenvalue weighted by atomic mass is 32.2. The Hall–Kier alpha value is -3.19. The number of likely N-dealkylation sites (N-methyl/N-ethyl adjacent to an activating group) is 1. The number of hydrogen-bond acceptors (Lipinski definition) is 4. The van der Waals surface area contributed by atoms with Gasteiger partial charge in [-0.2, -0.15) is 0 Å². The second-order valence-corrected chi connectivity index (χ2v) is 8.32. The van der Waals surface area contributed by atoms with Crippen LogP contribution in [0.25, 0.3) is 16.5 Å². The number of sulfonamides is 1. The Balaban J connectivity index is 1.96. The molecule has 7 heteroatoms. The van der Waals surface area contributed by atoms with Crippen molar-refractivity contribution in [2.24, 2.45) is 0 Å². The van der Waals surface area contributed by atoms with Crippen LogP contribution in [0.2, 0.25) is 0 Å². The molecule has 3 aromatic rings. The Morgan fingerprint density at radius 2 is 1.71 bits per heavy atom. The van der Waals surface area contributed by atoms with Gasteiger partial charge in [-0.25, -0.2) is 12.8 Å². The van der Waals surface area contributed by atoms with Crippen molar-refractivity contribution in [3.63, 3.8) is 0 Å². The van der Waals surface area contributed by atoms with Crippen LogP contribution in [0, 0.1) is 5.82 Å². The van der Waals surface area contributed by atoms with Gasteiger partial charge in [0.2, 0.25) is 5.78 Å². The first-order valence-corrected chi connectivity index (χ1v) is 9.89. The molecule has 0 radical (unpaired) electrons. The lowest BCUT2D eigenvalue weighted by Crippen LogP contribution is -2.35. The van der Waals surface area contributed by atoms with Crippen LogP contribution in [0.1, 0.15) is 15.9 Å². The number of rotatable bonds is 3. The van der Waals surface area contributed by atoms with Gasteiger partial charge in [0.15, 0.2) is 5.76 Å². The van der Waals surface area contributed by atoms with Gasteiger partial charge in [0.25, 0.3) is 10.0 Å². The van der Waals surface area contributed by atoms with E-state index < -0.39 is 21.6 Å². The molecule has 0 aliphatic carbocycles. The number of benzene rings is 3. The first-order chi connectivity index (χ1) is 13.3. The van der Waals surface area contributed by atoms with Gasteiger partial charge in [-0.15, -0.1) is 0 Å². The average Bonchev–Trinajstić information content (AvgIpc) is 2.69. The van der Waals surface area contributed by atoms with E-state index in [2.05, 4.69) is 0 Å². The Morgan fingerprint density at radius 1 is 1.00 bits per heavy atom. The Bertz CT molecular complexity index is 1260. The second-order valence-electron chi connectivity index (χ2n) is 6.39. The van der Waals surface area contributed by atoms with E-state index in [1.807, 2.05) is 24.3 Å². The zero-order valence-corrected chi connectivity index (χ0v) is 16.0. The molecule has 0 fully saturated rings. The van der Waals surface area contributed by atoms with E-state index in [1.165, 1.54) is 20.2 Å². The lowest BCUT2D eigenvalue weighted by atomic mass is 10.0. The summed E-state index contributed by atoms with van der Waals surface area (Å²) in [6, 6.07) is 15.9. The molecule has 1 aliphatic heterocycles. The lowest BCUT2D eigenvalue weighted by molar-refractivity contribution is 0.101. The highest BCUT2D eigenvalue weighted by Crippen LogP contribution is 2.38. The molecule has 0 N–H and O–H groups in total. The molecule has 3 aromatic carbocycles. The fraction of sp³-hybridized carbons (Fsp3) is 0.0952. The smallest absolute Gasteiger partial charge is 0.265 e. The molecule has 5 nitrogen and oxygen atoms in total. The number of hydrogen-bond donors (Lipinski definition) is 0. The van der Waals surface area contributed by atoms with Crippen molar-refractivity contribution in [1.29, 1.82) is 0 Å². The maximum atomic E-state index is 13.8. The molecule has 0 unspecified atom stereocenters. The molecular weight excluding hydrogens is 381 g/mol. The monoisotopic (exact) mass is 397 g/mol. The quantitative estimate of drug-likeness (QED) is 0.631. The molecule has 4 rings (SSSR count). The zero-order valence-electron chi connectivity index (χ0n) is 15.1. The van der Waals surface area contributed by atoms with Gasteiger partial charge in [0.05, 0.1) is 12.0 Å². The predicted molar refractivity (Wildman–Crippen MR) is 104 cm³/mol. The van der Waals surface area contributed by atoms with Crippen LogP contribution in [0.3, 0.4) is 0 Å². The molecule has 0 atom stereocenters. The average molecular weight is 397 g/mol. The van der Waals surface area contributed by atoms with E-state index >= 15 is 0 Å². The van der Waals surface area contributed by atoms with E-state index in [4.69, 9.17) is 4.74 Å². The number of ketones is 1. The molecule has 0 amide bonds. The fourth-order valence-corrected chi connectivity index (χ4v) is 4.73. The zero-order chi connectivity index (χ0) is 20.1. The molecule has 0 saturated carbocycles. The van der Waals surface area contributed by atoms with Crippen molar-refractivity contribution in [3.8, 4) is 0 Å². The van der Waals surface area contributed by atoms with Crippen LogP contribution in [0.15, 0.2) is 71.3 Å². The third kappa shape index (κ3) is 2.66. The molecule has 1 heterocycles. The van der Waals surface area contributed by atoms with E-state index in [9.17, 15) is 17.6 Å². The number of halogens is 1.